The van der Waals surface area contributed by atoms with Crippen LogP contribution in [0.5, 0.6) is 0 Å². The Morgan fingerprint density at radius 3 is 2.41 bits per heavy atom. The summed E-state index contributed by atoms with van der Waals surface area (Å²) in [6.07, 6.45) is 4.41. The van der Waals surface area contributed by atoms with Gasteiger partial charge in [-0.15, -0.1) is 0 Å². The Labute approximate surface area is 100 Å². The first-order valence-corrected chi connectivity index (χ1v) is 7.18. The van der Waals surface area contributed by atoms with Crippen molar-refractivity contribution in [2.24, 2.45) is 4.99 Å². The maximum Gasteiger partial charge on any atom is 0.235 e. The first kappa shape index (κ1) is 12.0. The second-order valence-corrected chi connectivity index (χ2v) is 6.47. The first-order chi connectivity index (χ1) is 7.89. The molecule has 5 heteroatoms. The van der Waals surface area contributed by atoms with E-state index in [2.05, 4.69) is 4.99 Å². The zero-order valence-electron chi connectivity index (χ0n) is 9.73. The molecular formula is C12H13NO3S. The van der Waals surface area contributed by atoms with Crippen molar-refractivity contribution in [3.8, 4) is 0 Å². The van der Waals surface area contributed by atoms with E-state index < -0.39 is 15.4 Å². The Morgan fingerprint density at radius 1 is 1.35 bits per heavy atom. The molecular weight excluding hydrogens is 238 g/mol. The zero-order chi connectivity index (χ0) is 12.7. The molecule has 0 bridgehead atoms. The Hall–Kier alpha value is -1.45. The minimum atomic E-state index is -3.20. The van der Waals surface area contributed by atoms with E-state index in [1.807, 2.05) is 0 Å². The van der Waals surface area contributed by atoms with E-state index in [-0.39, 0.29) is 0 Å². The van der Waals surface area contributed by atoms with Gasteiger partial charge in [0.15, 0.2) is 9.84 Å². The van der Waals surface area contributed by atoms with Crippen LogP contribution in [-0.4, -0.2) is 20.8 Å². The highest BCUT2D eigenvalue weighted by Gasteiger charge is 2.45. The Morgan fingerprint density at radius 2 is 2.00 bits per heavy atom. The van der Waals surface area contributed by atoms with Crippen LogP contribution in [-0.2, 0) is 20.2 Å². The lowest BCUT2D eigenvalue weighted by Crippen LogP contribution is -2.06. The van der Waals surface area contributed by atoms with Crippen LogP contribution < -0.4 is 0 Å². The average molecular weight is 251 g/mol. The molecule has 1 saturated carbocycles. The van der Waals surface area contributed by atoms with Crippen LogP contribution in [0, 0.1) is 6.92 Å². The summed E-state index contributed by atoms with van der Waals surface area (Å²) in [5.41, 5.74) is 1.14. The molecule has 0 unspecified atom stereocenters. The van der Waals surface area contributed by atoms with Crippen molar-refractivity contribution in [1.82, 2.24) is 0 Å². The number of aryl methyl sites for hydroxylation is 1. The molecule has 17 heavy (non-hydrogen) atoms. The van der Waals surface area contributed by atoms with Crippen molar-refractivity contribution in [3.05, 3.63) is 29.3 Å². The monoisotopic (exact) mass is 251 g/mol. The SMILES string of the molecule is Cc1cc(C2(N=C=O)CC2)ccc1S(C)(=O)=O. The molecule has 0 radical (unpaired) electrons. The molecule has 4 nitrogen and oxygen atoms in total. The van der Waals surface area contributed by atoms with Crippen LogP contribution in [0.3, 0.4) is 0 Å². The quantitative estimate of drug-likeness (QED) is 0.607. The normalized spacial score (nSPS) is 17.3. The fourth-order valence-corrected chi connectivity index (χ4v) is 2.98. The maximum absolute atomic E-state index is 11.5. The lowest BCUT2D eigenvalue weighted by molar-refractivity contribution is 0.556. The number of sulfone groups is 1. The third-order valence-corrected chi connectivity index (χ3v) is 4.35. The molecule has 0 N–H and O–H groups in total. The zero-order valence-corrected chi connectivity index (χ0v) is 10.5. The van der Waals surface area contributed by atoms with Crippen LogP contribution in [0.4, 0.5) is 0 Å². The van der Waals surface area contributed by atoms with Gasteiger partial charge in [0.2, 0.25) is 6.08 Å². The van der Waals surface area contributed by atoms with Gasteiger partial charge in [0.05, 0.1) is 10.4 Å². The summed E-state index contributed by atoms with van der Waals surface area (Å²) in [4.78, 5) is 14.5. The molecule has 2 rings (SSSR count). The topological polar surface area (TPSA) is 63.6 Å². The molecule has 0 aliphatic heterocycles. The van der Waals surface area contributed by atoms with Crippen molar-refractivity contribution in [3.63, 3.8) is 0 Å². The Balaban J connectivity index is 2.49. The molecule has 0 amide bonds. The van der Waals surface area contributed by atoms with Crippen LogP contribution >= 0.6 is 0 Å². The molecule has 1 aliphatic carbocycles. The fourth-order valence-electron chi connectivity index (χ4n) is 2.03. The van der Waals surface area contributed by atoms with E-state index in [1.165, 1.54) is 6.26 Å². The summed E-state index contributed by atoms with van der Waals surface area (Å²) in [6.45, 7) is 1.75. The maximum atomic E-state index is 11.5. The lowest BCUT2D eigenvalue weighted by Gasteiger charge is -2.11. The van der Waals surface area contributed by atoms with Gasteiger partial charge < -0.3 is 0 Å². The highest BCUT2D eigenvalue weighted by molar-refractivity contribution is 7.90. The molecule has 0 spiro atoms. The van der Waals surface area contributed by atoms with Gasteiger partial charge in [0.25, 0.3) is 0 Å². The van der Waals surface area contributed by atoms with E-state index in [9.17, 15) is 13.2 Å². The van der Waals surface area contributed by atoms with Gasteiger partial charge in [-0.1, -0.05) is 12.1 Å². The number of aliphatic imine (C=N–C) groups is 1. The third-order valence-electron chi connectivity index (χ3n) is 3.10. The average Bonchev–Trinajstić information content (AvgIpc) is 2.97. The van der Waals surface area contributed by atoms with Gasteiger partial charge in [-0.05, 0) is 37.0 Å². The fraction of sp³-hybridized carbons (Fsp3) is 0.417. The highest BCUT2D eigenvalue weighted by Crippen LogP contribution is 2.49. The van der Waals surface area contributed by atoms with Crippen LogP contribution in [0.25, 0.3) is 0 Å². The number of rotatable bonds is 3. The van der Waals surface area contributed by atoms with E-state index in [4.69, 9.17) is 0 Å². The van der Waals surface area contributed by atoms with Crippen molar-refractivity contribution in [2.45, 2.75) is 30.2 Å². The third kappa shape index (κ3) is 2.16. The van der Waals surface area contributed by atoms with Crippen molar-refractivity contribution in [1.29, 1.82) is 0 Å². The largest absolute Gasteiger partial charge is 0.235 e. The van der Waals surface area contributed by atoms with Gasteiger partial charge >= 0.3 is 0 Å². The predicted octanol–water partition coefficient (Wildman–Crippen LogP) is 1.72. The van der Waals surface area contributed by atoms with Gasteiger partial charge in [-0.2, -0.15) is 4.99 Å². The van der Waals surface area contributed by atoms with Gasteiger partial charge in [-0.25, -0.2) is 13.2 Å². The van der Waals surface area contributed by atoms with Crippen LogP contribution in [0.1, 0.15) is 24.0 Å². The summed E-state index contributed by atoms with van der Waals surface area (Å²) in [7, 11) is -3.20. The smallest absolute Gasteiger partial charge is 0.224 e. The summed E-state index contributed by atoms with van der Waals surface area (Å²) in [6, 6.07) is 5.11. The van der Waals surface area contributed by atoms with Crippen molar-refractivity contribution < 1.29 is 13.2 Å². The number of nitrogens with zero attached hydrogens (tertiary/aromatic N) is 1. The number of hydrogen-bond donors (Lipinski definition) is 0. The molecule has 0 heterocycles. The number of isocyanates is 1. The number of benzene rings is 1. The van der Waals surface area contributed by atoms with E-state index in [0.29, 0.717) is 10.5 Å². The summed E-state index contributed by atoms with van der Waals surface area (Å²) >= 11 is 0. The van der Waals surface area contributed by atoms with E-state index in [0.717, 1.165) is 18.4 Å². The molecule has 1 fully saturated rings. The first-order valence-electron chi connectivity index (χ1n) is 5.29. The van der Waals surface area contributed by atoms with E-state index in [1.54, 1.807) is 31.2 Å². The van der Waals surface area contributed by atoms with E-state index >= 15 is 0 Å². The molecule has 1 aromatic rings. The predicted molar refractivity (Wildman–Crippen MR) is 63.3 cm³/mol. The van der Waals surface area contributed by atoms with Gasteiger partial charge in [0, 0.05) is 6.26 Å². The molecule has 90 valence electrons. The summed E-state index contributed by atoms with van der Waals surface area (Å²) in [5.74, 6) is 0. The number of hydrogen-bond acceptors (Lipinski definition) is 4. The van der Waals surface area contributed by atoms with Crippen LogP contribution in [0.2, 0.25) is 0 Å². The van der Waals surface area contributed by atoms with Crippen molar-refractivity contribution in [2.75, 3.05) is 6.26 Å². The number of carbonyl (C=O) groups excluding carboxylic acids is 1. The van der Waals surface area contributed by atoms with Gasteiger partial charge in [-0.3, -0.25) is 0 Å². The molecule has 1 aromatic carbocycles. The van der Waals surface area contributed by atoms with Crippen LogP contribution in [0.15, 0.2) is 28.1 Å². The standard InChI is InChI=1S/C12H13NO3S/c1-9-7-10(12(5-6-12)13-8-14)3-4-11(9)17(2,15)16/h3-4,7H,5-6H2,1-2H3. The Kier molecular flexibility index (Phi) is 2.68. The molecule has 0 atom stereocenters. The minimum Gasteiger partial charge on any atom is -0.224 e. The minimum absolute atomic E-state index is 0.326. The molecule has 0 aromatic heterocycles. The van der Waals surface area contributed by atoms with Crippen molar-refractivity contribution >= 4 is 15.9 Å². The van der Waals surface area contributed by atoms with Gasteiger partial charge in [0.1, 0.15) is 0 Å². The molecule has 0 saturated heterocycles. The highest BCUT2D eigenvalue weighted by atomic mass is 32.2. The summed E-state index contributed by atoms with van der Waals surface area (Å²) < 4.78 is 22.9. The molecule has 1 aliphatic rings. The Bertz CT molecular complexity index is 609. The second-order valence-electron chi connectivity index (χ2n) is 4.49. The summed E-state index contributed by atoms with van der Waals surface area (Å²) in [5, 5.41) is 0. The lowest BCUT2D eigenvalue weighted by atomic mass is 10.0. The second kappa shape index (κ2) is 3.79.